The van der Waals surface area contributed by atoms with Crippen LogP contribution in [0.4, 0.5) is 0 Å². The molecule has 0 aromatic carbocycles. The third-order valence-electron chi connectivity index (χ3n) is 1.64. The normalized spacial score (nSPS) is 18.7. The minimum absolute atomic E-state index is 0. The molecule has 0 amide bonds. The molecule has 0 aromatic rings. The van der Waals surface area contributed by atoms with Crippen LogP contribution in [0.25, 0.3) is 0 Å². The van der Waals surface area contributed by atoms with Gasteiger partial charge >= 0.3 is 17.1 Å². The number of hydrogen-bond acceptors (Lipinski definition) is 9. The van der Waals surface area contributed by atoms with Crippen molar-refractivity contribution in [1.29, 1.82) is 0 Å². The van der Waals surface area contributed by atoms with E-state index in [-0.39, 0.29) is 23.4 Å². The van der Waals surface area contributed by atoms with E-state index in [9.17, 15) is 19.1 Å². The van der Waals surface area contributed by atoms with Gasteiger partial charge in [0, 0.05) is 0 Å². The predicted molar refractivity (Wildman–Crippen MR) is 43.6 cm³/mol. The quantitative estimate of drug-likeness (QED) is 0.205. The summed E-state index contributed by atoms with van der Waals surface area (Å²) >= 11 is 0. The monoisotopic (exact) mass is 314 g/mol. The summed E-state index contributed by atoms with van der Waals surface area (Å²) in [6.45, 7) is -1.09. The number of phosphoric ester groups is 1. The summed E-state index contributed by atoms with van der Waals surface area (Å²) in [5.74, 6) is 0. The molecule has 0 rings (SSSR count). The van der Waals surface area contributed by atoms with Gasteiger partial charge in [-0.2, -0.15) is 0 Å². The Labute approximate surface area is 107 Å². The summed E-state index contributed by atoms with van der Waals surface area (Å²) in [5, 5.41) is 35.9. The Kier molecular flexibility index (Phi) is 9.48. The van der Waals surface area contributed by atoms with Gasteiger partial charge in [0.05, 0.1) is 14.4 Å². The molecule has 4 atom stereocenters. The van der Waals surface area contributed by atoms with Crippen molar-refractivity contribution in [1.82, 2.24) is 0 Å². The average molecular weight is 314 g/mol. The first-order valence-corrected chi connectivity index (χ1v) is 5.49. The molecule has 0 heterocycles. The van der Waals surface area contributed by atoms with Crippen LogP contribution in [0.15, 0.2) is 0 Å². The van der Waals surface area contributed by atoms with E-state index in [2.05, 4.69) is 4.52 Å². The van der Waals surface area contributed by atoms with E-state index in [0.29, 0.717) is 0 Å². The van der Waals surface area contributed by atoms with Gasteiger partial charge in [0.25, 0.3) is 0 Å². The Morgan fingerprint density at radius 1 is 1.18 bits per heavy atom. The summed E-state index contributed by atoms with van der Waals surface area (Å²) in [6, 6.07) is 0. The average Bonchev–Trinajstić information content (AvgIpc) is 2.21. The Morgan fingerprint density at radius 3 is 2.00 bits per heavy atom. The second-order valence-corrected chi connectivity index (χ2v) is 4.07. The summed E-state index contributed by atoms with van der Waals surface area (Å²) < 4.78 is 13.6. The maximum absolute atomic E-state index is 10.0. The van der Waals surface area contributed by atoms with Crippen molar-refractivity contribution in [2.24, 2.45) is 0 Å². The molecule has 0 bridgehead atoms. The molecule has 4 unspecified atom stereocenters. The van der Waals surface area contributed by atoms with Crippen LogP contribution >= 0.6 is 7.82 Å². The Morgan fingerprint density at radius 2 is 1.65 bits per heavy atom. The van der Waals surface area contributed by atoms with Crippen LogP contribution in [0.1, 0.15) is 0 Å². The van der Waals surface area contributed by atoms with Gasteiger partial charge in [-0.1, -0.05) is 0 Å². The summed E-state index contributed by atoms with van der Waals surface area (Å²) in [6.07, 6.45) is -8.04. The van der Waals surface area contributed by atoms with Crippen LogP contribution in [0.2, 0.25) is 0 Å². The van der Waals surface area contributed by atoms with Crippen LogP contribution < -0.4 is 9.79 Å². The molecule has 0 aromatic heterocycles. The van der Waals surface area contributed by atoms with Crippen molar-refractivity contribution in [2.45, 2.75) is 24.4 Å². The van der Waals surface area contributed by atoms with Crippen LogP contribution in [-0.2, 0) is 31.0 Å². The Hall–Kier alpha value is 0.139. The van der Waals surface area contributed by atoms with Crippen LogP contribution in [0.3, 0.4) is 0 Å². The van der Waals surface area contributed by atoms with Gasteiger partial charge in [0.15, 0.2) is 6.29 Å². The summed E-state index contributed by atoms with van der Waals surface area (Å²) in [4.78, 5) is 30.0. The maximum Gasteiger partial charge on any atom is 2.00 e. The smallest absolute Gasteiger partial charge is 0.790 e. The second kappa shape index (κ2) is 8.28. The largest absolute Gasteiger partial charge is 2.00 e. The number of phosphoric acid groups is 1. The summed E-state index contributed by atoms with van der Waals surface area (Å²) in [7, 11) is -5.30. The van der Waals surface area contributed by atoms with E-state index < -0.39 is 38.8 Å². The first kappa shape index (κ1) is 19.5. The molecule has 0 radical (unpaired) electrons. The molecule has 0 aliphatic heterocycles. The zero-order chi connectivity index (χ0) is 12.9. The first-order chi connectivity index (χ1) is 7.19. The van der Waals surface area contributed by atoms with E-state index in [1.54, 1.807) is 0 Å². The van der Waals surface area contributed by atoms with Gasteiger partial charge in [0.1, 0.15) is 24.4 Å². The number of aliphatic hydroxyl groups is 4. The molecule has 9 nitrogen and oxygen atoms in total. The van der Waals surface area contributed by atoms with Crippen molar-refractivity contribution < 1.29 is 61.2 Å². The number of carbonyl (C=O) groups excluding carboxylic acids is 1. The van der Waals surface area contributed by atoms with Crippen molar-refractivity contribution in [2.75, 3.05) is 6.61 Å². The molecule has 0 saturated heterocycles. The van der Waals surface area contributed by atoms with Crippen molar-refractivity contribution in [3.8, 4) is 0 Å². The molecule has 0 spiro atoms. The third kappa shape index (κ3) is 7.96. The minimum atomic E-state index is -5.30. The predicted octanol–water partition coefficient (Wildman–Crippen LogP) is -4.53. The molecule has 11 heteroatoms. The van der Waals surface area contributed by atoms with Gasteiger partial charge in [-0.3, -0.25) is 0 Å². The molecule has 0 saturated carbocycles. The Balaban J connectivity index is 0. The molecule has 0 fully saturated rings. The Bertz CT molecular complexity index is 268. The first-order valence-electron chi connectivity index (χ1n) is 4.03. The molecule has 0 aliphatic carbocycles. The zero-order valence-corrected chi connectivity index (χ0v) is 10.2. The number of rotatable bonds is 7. The number of hydrogen-bond donors (Lipinski definition) is 4. The van der Waals surface area contributed by atoms with Crippen molar-refractivity contribution in [3.05, 3.63) is 0 Å². The molecule has 0 aliphatic rings. The number of aldehydes is 1. The molecule has 17 heavy (non-hydrogen) atoms. The summed E-state index contributed by atoms with van der Waals surface area (Å²) in [5.41, 5.74) is 0. The van der Waals surface area contributed by atoms with E-state index in [1.807, 2.05) is 0 Å². The van der Waals surface area contributed by atoms with Gasteiger partial charge < -0.3 is 44.1 Å². The number of carbonyl (C=O) groups is 1. The van der Waals surface area contributed by atoms with E-state index in [4.69, 9.17) is 20.4 Å². The SMILES string of the molecule is O=CC(O)C(O)C(O)C(O)COP(=O)([O-])[O-].[Fe+2]. The van der Waals surface area contributed by atoms with Gasteiger partial charge in [-0.25, -0.2) is 0 Å². The van der Waals surface area contributed by atoms with Gasteiger partial charge in [0.2, 0.25) is 0 Å². The number of aliphatic hydroxyl groups excluding tert-OH is 4. The fourth-order valence-corrected chi connectivity index (χ4v) is 1.11. The van der Waals surface area contributed by atoms with E-state index in [1.165, 1.54) is 0 Å². The topological polar surface area (TPSA) is 170 Å². The zero-order valence-electron chi connectivity index (χ0n) is 8.22. The van der Waals surface area contributed by atoms with Gasteiger partial charge in [-0.05, 0) is 0 Å². The molecule has 4 N–H and O–H groups in total. The van der Waals surface area contributed by atoms with E-state index in [0.717, 1.165) is 0 Å². The van der Waals surface area contributed by atoms with Gasteiger partial charge in [-0.15, -0.1) is 0 Å². The minimum Gasteiger partial charge on any atom is -0.790 e. The maximum atomic E-state index is 10.0. The van der Waals surface area contributed by atoms with Crippen LogP contribution in [0.5, 0.6) is 0 Å². The fourth-order valence-electron chi connectivity index (χ4n) is 0.776. The molecular weight excluding hydrogens is 303 g/mol. The van der Waals surface area contributed by atoms with Crippen LogP contribution in [-0.4, -0.2) is 57.7 Å². The molecular formula is C6H11FeO9P. The standard InChI is InChI=1S/C6H13O9P.Fe/c7-1-3(8)5(10)6(11)4(9)2-15-16(12,13)14;/h1,3-6,8-11H,2H2,(H2,12,13,14);/q;+2/p-2. The van der Waals surface area contributed by atoms with E-state index >= 15 is 0 Å². The third-order valence-corrected chi connectivity index (χ3v) is 2.10. The van der Waals surface area contributed by atoms with Crippen LogP contribution in [0, 0.1) is 0 Å². The van der Waals surface area contributed by atoms with Crippen molar-refractivity contribution >= 4 is 14.1 Å². The molecule has 102 valence electrons. The fraction of sp³-hybridized carbons (Fsp3) is 0.833. The van der Waals surface area contributed by atoms with Crippen molar-refractivity contribution in [3.63, 3.8) is 0 Å². The second-order valence-electron chi connectivity index (χ2n) is 2.92.